The second kappa shape index (κ2) is 15.1. The maximum atomic E-state index is 11.0. The summed E-state index contributed by atoms with van der Waals surface area (Å²) in [6.45, 7) is 2.27. The first-order valence-corrected chi connectivity index (χ1v) is 10.9. The summed E-state index contributed by atoms with van der Waals surface area (Å²) < 4.78 is 0. The van der Waals surface area contributed by atoms with Crippen molar-refractivity contribution in [1.82, 2.24) is 9.97 Å². The van der Waals surface area contributed by atoms with Crippen molar-refractivity contribution in [3.05, 3.63) is 29.6 Å². The fourth-order valence-corrected chi connectivity index (χ4v) is 3.62. The minimum absolute atomic E-state index is 0. The molecule has 0 bridgehead atoms. The van der Waals surface area contributed by atoms with Crippen LogP contribution in [-0.4, -0.2) is 50.6 Å². The Hall–Kier alpha value is -0.840. The zero-order chi connectivity index (χ0) is 19.3. The Bertz CT molecular complexity index is 684. The molecule has 0 spiro atoms. The van der Waals surface area contributed by atoms with E-state index in [1.807, 2.05) is 0 Å². The number of carbonyl (C=O) groups is 1. The molecule has 1 radical (unpaired) electrons. The number of rotatable bonds is 15. The van der Waals surface area contributed by atoms with Crippen molar-refractivity contribution >= 4 is 46.6 Å². The van der Waals surface area contributed by atoms with Gasteiger partial charge in [0.2, 0.25) is 0 Å². The van der Waals surface area contributed by atoms with Gasteiger partial charge in [0.05, 0.1) is 16.6 Å². The standard InChI is InChI=1S/C23H36N2O2.Na/c1-2-3-4-5-6-7-8-9-10-11-12-13-14-15-22-24-20-17-16-19(23(26)27)18-21(20)25-22;/h16-18H,2-15H2,1H3,(H,24,25)(H,26,27);. The number of hydrogen-bond donors (Lipinski definition) is 2. The van der Waals surface area contributed by atoms with E-state index in [0.717, 1.165) is 29.7 Å². The predicted octanol–water partition coefficient (Wildman–Crippen LogP) is 6.51. The van der Waals surface area contributed by atoms with Crippen molar-refractivity contribution < 1.29 is 9.90 Å². The SMILES string of the molecule is CCCCCCCCCCCCCCCc1nc2ccc(C(=O)O)cc2[nH]1.[Na]. The van der Waals surface area contributed by atoms with E-state index in [2.05, 4.69) is 16.9 Å². The first-order chi connectivity index (χ1) is 13.2. The molecule has 28 heavy (non-hydrogen) atoms. The van der Waals surface area contributed by atoms with Gasteiger partial charge >= 0.3 is 5.97 Å². The zero-order valence-corrected chi connectivity index (χ0v) is 19.9. The summed E-state index contributed by atoms with van der Waals surface area (Å²) in [5.74, 6) is 0.0696. The number of nitrogens with zero attached hydrogens (tertiary/aromatic N) is 1. The van der Waals surface area contributed by atoms with Crippen molar-refractivity contribution in [1.29, 1.82) is 0 Å². The number of benzene rings is 1. The van der Waals surface area contributed by atoms with E-state index in [1.165, 1.54) is 77.0 Å². The number of carboxylic acids is 1. The van der Waals surface area contributed by atoms with E-state index < -0.39 is 5.97 Å². The number of fused-ring (bicyclic) bond motifs is 1. The molecule has 0 saturated carbocycles. The van der Waals surface area contributed by atoms with Crippen LogP contribution in [0.1, 0.15) is 107 Å². The average molecular weight is 396 g/mol. The van der Waals surface area contributed by atoms with Gasteiger partial charge in [-0.05, 0) is 24.6 Å². The van der Waals surface area contributed by atoms with E-state index in [4.69, 9.17) is 5.11 Å². The minimum atomic E-state index is -0.899. The minimum Gasteiger partial charge on any atom is -0.478 e. The van der Waals surface area contributed by atoms with Gasteiger partial charge in [-0.3, -0.25) is 0 Å². The molecule has 1 aromatic heterocycles. The number of aromatic carboxylic acids is 1. The molecule has 0 saturated heterocycles. The van der Waals surface area contributed by atoms with Crippen LogP contribution < -0.4 is 0 Å². The monoisotopic (exact) mass is 395 g/mol. The number of imidazole rings is 1. The molecule has 0 aliphatic carbocycles. The van der Waals surface area contributed by atoms with Crippen LogP contribution in [0.3, 0.4) is 0 Å². The number of nitrogens with one attached hydrogen (secondary N) is 1. The van der Waals surface area contributed by atoms with Crippen molar-refractivity contribution in [3.63, 3.8) is 0 Å². The summed E-state index contributed by atoms with van der Waals surface area (Å²) in [4.78, 5) is 18.8. The number of unbranched alkanes of at least 4 members (excludes halogenated alkanes) is 12. The third kappa shape index (κ3) is 9.58. The van der Waals surface area contributed by atoms with Crippen LogP contribution >= 0.6 is 0 Å². The van der Waals surface area contributed by atoms with E-state index in [-0.39, 0.29) is 29.6 Å². The Morgan fingerprint density at radius 3 is 1.96 bits per heavy atom. The molecule has 151 valence electrons. The van der Waals surface area contributed by atoms with Gasteiger partial charge in [-0.25, -0.2) is 9.78 Å². The van der Waals surface area contributed by atoms with E-state index >= 15 is 0 Å². The van der Waals surface area contributed by atoms with E-state index in [9.17, 15) is 4.79 Å². The van der Waals surface area contributed by atoms with Crippen molar-refractivity contribution in [3.8, 4) is 0 Å². The quantitative estimate of drug-likeness (QED) is 0.267. The molecular formula is C23H36N2NaO2. The van der Waals surface area contributed by atoms with E-state index in [1.54, 1.807) is 18.2 Å². The Morgan fingerprint density at radius 1 is 0.893 bits per heavy atom. The Labute approximate surface area is 192 Å². The van der Waals surface area contributed by atoms with Crippen LogP contribution in [0.25, 0.3) is 11.0 Å². The molecule has 0 fully saturated rings. The number of carboxylic acid groups (broad SMARTS) is 1. The fourth-order valence-electron chi connectivity index (χ4n) is 3.62. The summed E-state index contributed by atoms with van der Waals surface area (Å²) in [5.41, 5.74) is 1.97. The van der Waals surface area contributed by atoms with Gasteiger partial charge in [0, 0.05) is 36.0 Å². The van der Waals surface area contributed by atoms with Crippen LogP contribution in [0.5, 0.6) is 0 Å². The number of aromatic amines is 1. The molecule has 2 rings (SSSR count). The fraction of sp³-hybridized carbons (Fsp3) is 0.652. The summed E-state index contributed by atoms with van der Waals surface area (Å²) in [7, 11) is 0. The molecule has 0 aliphatic rings. The smallest absolute Gasteiger partial charge is 0.335 e. The topological polar surface area (TPSA) is 66.0 Å². The van der Waals surface area contributed by atoms with Gasteiger partial charge in [-0.1, -0.05) is 84.0 Å². The number of aromatic nitrogens is 2. The van der Waals surface area contributed by atoms with Gasteiger partial charge < -0.3 is 10.1 Å². The summed E-state index contributed by atoms with van der Waals surface area (Å²) in [6.07, 6.45) is 18.6. The summed E-state index contributed by atoms with van der Waals surface area (Å²) in [5, 5.41) is 9.05. The van der Waals surface area contributed by atoms with Crippen molar-refractivity contribution in [2.24, 2.45) is 0 Å². The molecule has 5 heteroatoms. The third-order valence-corrected chi connectivity index (χ3v) is 5.30. The Morgan fingerprint density at radius 2 is 1.43 bits per heavy atom. The molecule has 0 atom stereocenters. The molecule has 0 aliphatic heterocycles. The normalized spacial score (nSPS) is 10.9. The Balaban J connectivity index is 0.00000392. The van der Waals surface area contributed by atoms with Crippen molar-refractivity contribution in [2.75, 3.05) is 0 Å². The maximum Gasteiger partial charge on any atom is 0.335 e. The number of aryl methyl sites for hydroxylation is 1. The van der Waals surface area contributed by atoms with Crippen LogP contribution in [0.2, 0.25) is 0 Å². The second-order valence-electron chi connectivity index (χ2n) is 7.71. The molecule has 0 amide bonds. The molecule has 1 aromatic carbocycles. The summed E-state index contributed by atoms with van der Waals surface area (Å²) in [6, 6.07) is 5.06. The molecule has 1 heterocycles. The largest absolute Gasteiger partial charge is 0.478 e. The maximum absolute atomic E-state index is 11.0. The molecule has 2 aromatic rings. The van der Waals surface area contributed by atoms with E-state index in [0.29, 0.717) is 5.56 Å². The average Bonchev–Trinajstić information content (AvgIpc) is 3.07. The molecule has 2 N–H and O–H groups in total. The third-order valence-electron chi connectivity index (χ3n) is 5.30. The van der Waals surface area contributed by atoms with Gasteiger partial charge in [-0.15, -0.1) is 0 Å². The first-order valence-electron chi connectivity index (χ1n) is 10.9. The van der Waals surface area contributed by atoms with Crippen LogP contribution in [0.4, 0.5) is 0 Å². The van der Waals surface area contributed by atoms with Gasteiger partial charge in [0.1, 0.15) is 5.82 Å². The molecular weight excluding hydrogens is 359 g/mol. The first kappa shape index (κ1) is 25.2. The number of H-pyrrole nitrogens is 1. The molecule has 4 nitrogen and oxygen atoms in total. The second-order valence-corrected chi connectivity index (χ2v) is 7.71. The zero-order valence-electron chi connectivity index (χ0n) is 17.9. The van der Waals surface area contributed by atoms with Crippen LogP contribution in [0.15, 0.2) is 18.2 Å². The Kier molecular flexibility index (Phi) is 13.6. The predicted molar refractivity (Wildman–Crippen MR) is 118 cm³/mol. The van der Waals surface area contributed by atoms with Gasteiger partial charge in [0.25, 0.3) is 0 Å². The van der Waals surface area contributed by atoms with Crippen LogP contribution in [-0.2, 0) is 6.42 Å². The molecule has 0 unspecified atom stereocenters. The number of hydrogen-bond acceptors (Lipinski definition) is 2. The van der Waals surface area contributed by atoms with Gasteiger partial charge in [0.15, 0.2) is 0 Å². The van der Waals surface area contributed by atoms with Crippen LogP contribution in [0, 0.1) is 0 Å². The van der Waals surface area contributed by atoms with Crippen molar-refractivity contribution in [2.45, 2.75) is 96.8 Å². The summed E-state index contributed by atoms with van der Waals surface area (Å²) >= 11 is 0. The van der Waals surface area contributed by atoms with Gasteiger partial charge in [-0.2, -0.15) is 0 Å².